The highest BCUT2D eigenvalue weighted by molar-refractivity contribution is 5.90. The second kappa shape index (κ2) is 5.29. The second-order valence-corrected chi connectivity index (χ2v) is 4.65. The Morgan fingerprint density at radius 2 is 2.22 bits per heavy atom. The first kappa shape index (κ1) is 13.1. The van der Waals surface area contributed by atoms with Gasteiger partial charge in [0, 0.05) is 12.3 Å². The molecule has 0 aliphatic heterocycles. The van der Waals surface area contributed by atoms with Crippen LogP contribution in [0.2, 0.25) is 0 Å². The Bertz CT molecular complexity index is 920. The lowest BCUT2D eigenvalue weighted by Crippen LogP contribution is -2.19. The summed E-state index contributed by atoms with van der Waals surface area (Å²) in [5, 5.41) is 24.4. The molecule has 0 bridgehead atoms. The molecular weight excluding hydrogens is 300 g/mol. The van der Waals surface area contributed by atoms with Crippen LogP contribution in [0.4, 0.5) is 5.82 Å². The molecular formula is C12H10N10O. The van der Waals surface area contributed by atoms with Crippen molar-refractivity contribution in [2.24, 2.45) is 0 Å². The number of aromatic amines is 1. The number of tetrazole rings is 1. The minimum atomic E-state index is -0.266. The number of amides is 1. The standard InChI is InChI=1S/C12H10N10O/c23-10(14-9-5-8-3-1-2-4-22(8)17-9)6-21-7-13-11(18-21)12-15-19-20-16-12/h1-5,7H,6H2,(H,14,17,23)(H,15,16,19,20). The molecule has 1 amide bonds. The monoisotopic (exact) mass is 310 g/mol. The third-order valence-corrected chi connectivity index (χ3v) is 3.02. The Hall–Kier alpha value is -3.63. The molecule has 11 heteroatoms. The lowest BCUT2D eigenvalue weighted by atomic mass is 10.4. The second-order valence-electron chi connectivity index (χ2n) is 4.65. The Kier molecular flexibility index (Phi) is 3.00. The highest BCUT2D eigenvalue weighted by atomic mass is 16.2. The van der Waals surface area contributed by atoms with Gasteiger partial charge in [-0.2, -0.15) is 10.3 Å². The molecule has 0 spiro atoms. The fourth-order valence-corrected chi connectivity index (χ4v) is 2.06. The van der Waals surface area contributed by atoms with Gasteiger partial charge in [-0.15, -0.1) is 15.3 Å². The normalized spacial score (nSPS) is 11.0. The zero-order chi connectivity index (χ0) is 15.6. The molecule has 4 aromatic heterocycles. The molecule has 4 heterocycles. The van der Waals surface area contributed by atoms with Crippen molar-refractivity contribution in [1.29, 1.82) is 0 Å². The van der Waals surface area contributed by atoms with Crippen molar-refractivity contribution in [1.82, 2.24) is 45.0 Å². The quantitative estimate of drug-likeness (QED) is 0.531. The highest BCUT2D eigenvalue weighted by Crippen LogP contribution is 2.10. The summed E-state index contributed by atoms with van der Waals surface area (Å²) in [4.78, 5) is 16.1. The molecule has 0 radical (unpaired) electrons. The van der Waals surface area contributed by atoms with Crippen molar-refractivity contribution in [3.05, 3.63) is 36.8 Å². The van der Waals surface area contributed by atoms with Gasteiger partial charge in [0.1, 0.15) is 12.9 Å². The fraction of sp³-hybridized carbons (Fsp3) is 0.0833. The molecule has 0 unspecified atom stereocenters. The number of nitrogens with one attached hydrogen (secondary N) is 2. The van der Waals surface area contributed by atoms with Gasteiger partial charge >= 0.3 is 0 Å². The van der Waals surface area contributed by atoms with E-state index < -0.39 is 0 Å². The fourth-order valence-electron chi connectivity index (χ4n) is 2.06. The van der Waals surface area contributed by atoms with Gasteiger partial charge in [0.25, 0.3) is 0 Å². The molecule has 4 aromatic rings. The molecule has 0 saturated heterocycles. The minimum absolute atomic E-state index is 0.00127. The van der Waals surface area contributed by atoms with E-state index in [2.05, 4.69) is 41.1 Å². The van der Waals surface area contributed by atoms with Gasteiger partial charge in [0.15, 0.2) is 5.82 Å². The van der Waals surface area contributed by atoms with Crippen LogP contribution in [0.3, 0.4) is 0 Å². The Balaban J connectivity index is 1.45. The summed E-state index contributed by atoms with van der Waals surface area (Å²) >= 11 is 0. The van der Waals surface area contributed by atoms with Gasteiger partial charge in [-0.1, -0.05) is 6.07 Å². The number of nitrogens with zero attached hydrogens (tertiary/aromatic N) is 8. The molecule has 0 atom stereocenters. The molecule has 2 N–H and O–H groups in total. The van der Waals surface area contributed by atoms with Gasteiger partial charge in [-0.05, 0) is 17.3 Å². The topological polar surface area (TPSA) is 132 Å². The predicted molar refractivity (Wildman–Crippen MR) is 77.0 cm³/mol. The molecule has 0 aromatic carbocycles. The maximum atomic E-state index is 12.1. The zero-order valence-corrected chi connectivity index (χ0v) is 11.7. The summed E-state index contributed by atoms with van der Waals surface area (Å²) < 4.78 is 3.07. The number of carbonyl (C=O) groups excluding carboxylic acids is 1. The van der Waals surface area contributed by atoms with Crippen LogP contribution in [0.1, 0.15) is 0 Å². The summed E-state index contributed by atoms with van der Waals surface area (Å²) in [7, 11) is 0. The Morgan fingerprint density at radius 1 is 1.26 bits per heavy atom. The highest BCUT2D eigenvalue weighted by Gasteiger charge is 2.12. The minimum Gasteiger partial charge on any atom is -0.308 e. The molecule has 114 valence electrons. The number of carbonyl (C=O) groups is 1. The zero-order valence-electron chi connectivity index (χ0n) is 11.7. The van der Waals surface area contributed by atoms with Crippen LogP contribution in [-0.2, 0) is 11.3 Å². The molecule has 4 rings (SSSR count). The maximum Gasteiger partial charge on any atom is 0.247 e. The average molecular weight is 310 g/mol. The number of pyridine rings is 1. The van der Waals surface area contributed by atoms with Crippen LogP contribution >= 0.6 is 0 Å². The van der Waals surface area contributed by atoms with Crippen LogP contribution in [0.5, 0.6) is 0 Å². The molecule has 0 aliphatic rings. The third kappa shape index (κ3) is 2.62. The van der Waals surface area contributed by atoms with E-state index in [0.717, 1.165) is 5.52 Å². The van der Waals surface area contributed by atoms with Crippen LogP contribution in [0.15, 0.2) is 36.8 Å². The van der Waals surface area contributed by atoms with Crippen molar-refractivity contribution in [2.45, 2.75) is 6.54 Å². The van der Waals surface area contributed by atoms with Crippen LogP contribution < -0.4 is 5.32 Å². The van der Waals surface area contributed by atoms with E-state index in [4.69, 9.17) is 0 Å². The number of rotatable bonds is 4. The number of anilines is 1. The number of hydrogen-bond acceptors (Lipinski definition) is 7. The molecule has 11 nitrogen and oxygen atoms in total. The van der Waals surface area contributed by atoms with Gasteiger partial charge in [0.05, 0.1) is 5.52 Å². The summed E-state index contributed by atoms with van der Waals surface area (Å²) in [5.74, 6) is 0.765. The Labute approximate surface area is 128 Å². The van der Waals surface area contributed by atoms with Crippen molar-refractivity contribution in [2.75, 3.05) is 5.32 Å². The SMILES string of the molecule is O=C(Cn1cnc(-c2nn[nH]n2)n1)Nc1cc2ccccn2n1. The van der Waals surface area contributed by atoms with Crippen molar-refractivity contribution < 1.29 is 4.79 Å². The number of hydrogen-bond donors (Lipinski definition) is 2. The first-order valence-electron chi connectivity index (χ1n) is 6.65. The van der Waals surface area contributed by atoms with Gasteiger partial charge in [-0.25, -0.2) is 14.2 Å². The van der Waals surface area contributed by atoms with Crippen molar-refractivity contribution in [3.8, 4) is 11.6 Å². The first-order valence-corrected chi connectivity index (χ1v) is 6.65. The maximum absolute atomic E-state index is 12.1. The molecule has 0 fully saturated rings. The summed E-state index contributed by atoms with van der Waals surface area (Å²) in [6.45, 7) is -0.00127. The summed E-state index contributed by atoms with van der Waals surface area (Å²) in [6, 6.07) is 7.44. The largest absolute Gasteiger partial charge is 0.308 e. The van der Waals surface area contributed by atoms with E-state index in [0.29, 0.717) is 11.6 Å². The number of H-pyrrole nitrogens is 1. The van der Waals surface area contributed by atoms with E-state index in [1.807, 2.05) is 18.2 Å². The number of aromatic nitrogens is 9. The third-order valence-electron chi connectivity index (χ3n) is 3.02. The first-order chi connectivity index (χ1) is 11.3. The van der Waals surface area contributed by atoms with E-state index in [-0.39, 0.29) is 18.3 Å². The van der Waals surface area contributed by atoms with E-state index >= 15 is 0 Å². The van der Waals surface area contributed by atoms with Crippen LogP contribution in [-0.4, -0.2) is 50.9 Å². The van der Waals surface area contributed by atoms with E-state index in [1.165, 1.54) is 11.0 Å². The lowest BCUT2D eigenvalue weighted by molar-refractivity contribution is -0.116. The van der Waals surface area contributed by atoms with Crippen LogP contribution in [0.25, 0.3) is 17.2 Å². The predicted octanol–water partition coefficient (Wildman–Crippen LogP) is -0.255. The van der Waals surface area contributed by atoms with Gasteiger partial charge < -0.3 is 5.32 Å². The summed E-state index contributed by atoms with van der Waals surface area (Å²) in [6.07, 6.45) is 3.23. The van der Waals surface area contributed by atoms with Gasteiger partial charge in [0.2, 0.25) is 17.6 Å². The van der Waals surface area contributed by atoms with E-state index in [1.54, 1.807) is 16.8 Å². The van der Waals surface area contributed by atoms with Gasteiger partial charge in [-0.3, -0.25) is 4.79 Å². The van der Waals surface area contributed by atoms with Crippen molar-refractivity contribution >= 4 is 17.2 Å². The Morgan fingerprint density at radius 3 is 3.04 bits per heavy atom. The van der Waals surface area contributed by atoms with E-state index in [9.17, 15) is 4.79 Å². The summed E-state index contributed by atoms with van der Waals surface area (Å²) in [5.41, 5.74) is 0.892. The average Bonchev–Trinajstić information content (AvgIpc) is 3.26. The molecule has 0 aliphatic carbocycles. The van der Waals surface area contributed by atoms with Crippen LogP contribution in [0, 0.1) is 0 Å². The smallest absolute Gasteiger partial charge is 0.247 e. The molecule has 23 heavy (non-hydrogen) atoms. The number of fused-ring (bicyclic) bond motifs is 1. The van der Waals surface area contributed by atoms with Crippen molar-refractivity contribution in [3.63, 3.8) is 0 Å². The molecule has 0 saturated carbocycles. The lowest BCUT2D eigenvalue weighted by Gasteiger charge is -2.00.